The number of rotatable bonds is 12. The number of benzene rings is 1. The highest BCUT2D eigenvalue weighted by molar-refractivity contribution is 7.89. The zero-order valence-electron chi connectivity index (χ0n) is 17.5. The van der Waals surface area contributed by atoms with Crippen molar-refractivity contribution < 1.29 is 26.7 Å². The number of sulfonamides is 1. The first-order chi connectivity index (χ1) is 15.1. The molecule has 1 aliphatic carbocycles. The van der Waals surface area contributed by atoms with Crippen LogP contribution in [0.25, 0.3) is 0 Å². The van der Waals surface area contributed by atoms with Gasteiger partial charge >= 0.3 is 5.69 Å². The van der Waals surface area contributed by atoms with E-state index in [0.717, 1.165) is 17.4 Å². The van der Waals surface area contributed by atoms with Crippen molar-refractivity contribution in [3.05, 3.63) is 62.4 Å². The van der Waals surface area contributed by atoms with Crippen LogP contribution in [0.1, 0.15) is 37.8 Å². The molecule has 0 unspecified atom stereocenters. The van der Waals surface area contributed by atoms with Gasteiger partial charge in [0.1, 0.15) is 6.73 Å². The van der Waals surface area contributed by atoms with Crippen molar-refractivity contribution in [2.24, 2.45) is 5.92 Å². The molecule has 0 aliphatic heterocycles. The maximum absolute atomic E-state index is 13.9. The van der Waals surface area contributed by atoms with Crippen LogP contribution in [0.2, 0.25) is 0 Å². The van der Waals surface area contributed by atoms with Crippen LogP contribution < -0.4 is 20.7 Å². The van der Waals surface area contributed by atoms with E-state index in [2.05, 4.69) is 4.72 Å². The van der Waals surface area contributed by atoms with Crippen molar-refractivity contribution in [2.75, 3.05) is 19.0 Å². The van der Waals surface area contributed by atoms with Crippen LogP contribution in [0.15, 0.2) is 34.0 Å². The van der Waals surface area contributed by atoms with Gasteiger partial charge in [-0.1, -0.05) is 6.07 Å². The van der Waals surface area contributed by atoms with E-state index in [1.807, 2.05) is 0 Å². The lowest BCUT2D eigenvalue weighted by atomic mass is 10.1. The lowest BCUT2D eigenvalue weighted by Gasteiger charge is -2.16. The molecule has 0 saturated heterocycles. The van der Waals surface area contributed by atoms with Crippen molar-refractivity contribution >= 4 is 10.0 Å². The average molecular weight is 473 g/mol. The molecule has 0 amide bonds. The Morgan fingerprint density at radius 3 is 2.72 bits per heavy atom. The lowest BCUT2D eigenvalue weighted by Crippen LogP contribution is -2.32. The van der Waals surface area contributed by atoms with Gasteiger partial charge in [0.05, 0.1) is 18.6 Å². The summed E-state index contributed by atoms with van der Waals surface area (Å²) in [5, 5.41) is 0. The molecule has 1 fully saturated rings. The third-order valence-corrected chi connectivity index (χ3v) is 6.42. The van der Waals surface area contributed by atoms with E-state index in [1.54, 1.807) is 11.9 Å². The fourth-order valence-electron chi connectivity index (χ4n) is 2.88. The summed E-state index contributed by atoms with van der Waals surface area (Å²) in [7, 11) is -3.67. The Hall–Kier alpha value is -2.57. The van der Waals surface area contributed by atoms with Crippen LogP contribution in [0.4, 0.5) is 8.78 Å². The van der Waals surface area contributed by atoms with Crippen molar-refractivity contribution in [1.82, 2.24) is 14.3 Å². The molecule has 9 nitrogen and oxygen atoms in total. The summed E-state index contributed by atoms with van der Waals surface area (Å²) in [5.74, 6) is -1.32. The van der Waals surface area contributed by atoms with Gasteiger partial charge < -0.3 is 9.47 Å². The standard InChI is InChI=1S/C20H25F2N3O6S/c1-13(15-5-6-16(21)18(9-15)31-11-14-3-4-14)24-32(28,29)8-2-7-30-12-25-10-17(22)19(26)23-20(25)27/h5-6,9-10,13-14,24H,2-4,7-8,11-12H2,1H3,(H,23,26,27)/t13-/m1/s1. The number of aromatic amines is 1. The molecule has 2 N–H and O–H groups in total. The van der Waals surface area contributed by atoms with Crippen molar-refractivity contribution in [2.45, 2.75) is 39.0 Å². The highest BCUT2D eigenvalue weighted by atomic mass is 32.2. The predicted octanol–water partition coefficient (Wildman–Crippen LogP) is 1.65. The summed E-state index contributed by atoms with van der Waals surface area (Å²) >= 11 is 0. The second kappa shape index (κ2) is 10.4. The molecule has 2 aromatic rings. The third kappa shape index (κ3) is 6.97. The van der Waals surface area contributed by atoms with Gasteiger partial charge in [0, 0.05) is 12.6 Å². The number of halogens is 2. The summed E-state index contributed by atoms with van der Waals surface area (Å²) < 4.78 is 65.8. The molecule has 1 saturated carbocycles. The van der Waals surface area contributed by atoms with Crippen LogP contribution in [-0.4, -0.2) is 36.9 Å². The lowest BCUT2D eigenvalue weighted by molar-refractivity contribution is 0.0736. The van der Waals surface area contributed by atoms with Crippen molar-refractivity contribution in [3.63, 3.8) is 0 Å². The minimum atomic E-state index is -3.67. The van der Waals surface area contributed by atoms with Crippen LogP contribution >= 0.6 is 0 Å². The van der Waals surface area contributed by atoms with E-state index in [4.69, 9.17) is 9.47 Å². The number of aromatic nitrogens is 2. The second-order valence-corrected chi connectivity index (χ2v) is 9.57. The number of hydrogen-bond donors (Lipinski definition) is 2. The van der Waals surface area contributed by atoms with E-state index in [-0.39, 0.29) is 31.3 Å². The normalized spacial score (nSPS) is 15.0. The molecule has 12 heteroatoms. The first-order valence-electron chi connectivity index (χ1n) is 10.1. The molecule has 0 radical (unpaired) electrons. The maximum Gasteiger partial charge on any atom is 0.330 e. The maximum atomic E-state index is 13.9. The average Bonchev–Trinajstić information content (AvgIpc) is 3.54. The predicted molar refractivity (Wildman–Crippen MR) is 112 cm³/mol. The molecule has 1 atom stereocenters. The number of ether oxygens (including phenoxy) is 2. The van der Waals surface area contributed by atoms with Gasteiger partial charge in [-0.25, -0.2) is 22.3 Å². The molecule has 176 valence electrons. The Morgan fingerprint density at radius 2 is 2.00 bits per heavy atom. The van der Waals surface area contributed by atoms with Crippen LogP contribution in [0, 0.1) is 17.6 Å². The molecule has 1 heterocycles. The topological polar surface area (TPSA) is 119 Å². The minimum absolute atomic E-state index is 0.0157. The van der Waals surface area contributed by atoms with E-state index in [0.29, 0.717) is 24.3 Å². The fourth-order valence-corrected chi connectivity index (χ4v) is 4.17. The molecule has 0 bridgehead atoms. The van der Waals surface area contributed by atoms with Crippen molar-refractivity contribution in [1.29, 1.82) is 0 Å². The second-order valence-electron chi connectivity index (χ2n) is 7.70. The summed E-state index contributed by atoms with van der Waals surface area (Å²) in [6.07, 6.45) is 2.97. The molecule has 32 heavy (non-hydrogen) atoms. The number of hydrogen-bond acceptors (Lipinski definition) is 6. The molecular formula is C20H25F2N3O6S. The largest absolute Gasteiger partial charge is 0.490 e. The van der Waals surface area contributed by atoms with Crippen LogP contribution in [0.3, 0.4) is 0 Å². The molecule has 1 aromatic heterocycles. The zero-order chi connectivity index (χ0) is 23.3. The molecular weight excluding hydrogens is 448 g/mol. The van der Waals surface area contributed by atoms with Gasteiger partial charge in [0.15, 0.2) is 11.6 Å². The highest BCUT2D eigenvalue weighted by Gasteiger charge is 2.23. The molecule has 3 rings (SSSR count). The van der Waals surface area contributed by atoms with E-state index in [9.17, 15) is 26.8 Å². The Bertz CT molecular complexity index is 1160. The fraction of sp³-hybridized carbons (Fsp3) is 0.500. The Labute approximate surface area is 183 Å². The summed E-state index contributed by atoms with van der Waals surface area (Å²) in [6, 6.07) is 3.64. The molecule has 1 aliphatic rings. The quantitative estimate of drug-likeness (QED) is 0.453. The number of nitrogens with one attached hydrogen (secondary N) is 2. The first kappa shape index (κ1) is 24.1. The number of H-pyrrole nitrogens is 1. The minimum Gasteiger partial charge on any atom is -0.490 e. The highest BCUT2D eigenvalue weighted by Crippen LogP contribution is 2.31. The van der Waals surface area contributed by atoms with Gasteiger partial charge in [0.2, 0.25) is 15.8 Å². The van der Waals surface area contributed by atoms with Gasteiger partial charge in [-0.05, 0) is 49.8 Å². The van der Waals surface area contributed by atoms with E-state index < -0.39 is 38.9 Å². The van der Waals surface area contributed by atoms with Crippen LogP contribution in [0.5, 0.6) is 5.75 Å². The Balaban J connectivity index is 1.46. The van der Waals surface area contributed by atoms with Crippen LogP contribution in [-0.2, 0) is 21.5 Å². The summed E-state index contributed by atoms with van der Waals surface area (Å²) in [5.41, 5.74) is -1.39. The van der Waals surface area contributed by atoms with Gasteiger partial charge in [0.25, 0.3) is 5.56 Å². The van der Waals surface area contributed by atoms with E-state index in [1.165, 1.54) is 18.2 Å². The summed E-state index contributed by atoms with van der Waals surface area (Å²) in [4.78, 5) is 24.3. The summed E-state index contributed by atoms with van der Waals surface area (Å²) in [6.45, 7) is 1.73. The molecule has 0 spiro atoms. The SMILES string of the molecule is C[C@@H](NS(=O)(=O)CCCOCn1cc(F)c(=O)[nH]c1=O)c1ccc(F)c(OCC2CC2)c1. The Morgan fingerprint density at radius 1 is 1.25 bits per heavy atom. The molecule has 1 aromatic carbocycles. The zero-order valence-corrected chi connectivity index (χ0v) is 18.3. The Kier molecular flexibility index (Phi) is 7.80. The van der Waals surface area contributed by atoms with Gasteiger partial charge in [-0.2, -0.15) is 4.39 Å². The third-order valence-electron chi connectivity index (χ3n) is 4.88. The smallest absolute Gasteiger partial charge is 0.330 e. The first-order valence-corrected chi connectivity index (χ1v) is 11.8. The number of nitrogens with zero attached hydrogens (tertiary/aromatic N) is 1. The van der Waals surface area contributed by atoms with Crippen molar-refractivity contribution in [3.8, 4) is 5.75 Å². The van der Waals surface area contributed by atoms with E-state index >= 15 is 0 Å². The monoisotopic (exact) mass is 473 g/mol. The van der Waals surface area contributed by atoms with Gasteiger partial charge in [-0.3, -0.25) is 14.3 Å². The van der Waals surface area contributed by atoms with Gasteiger partial charge in [-0.15, -0.1) is 0 Å².